The van der Waals surface area contributed by atoms with E-state index in [-0.39, 0.29) is 18.7 Å². The largest absolute Gasteiger partial charge is 0.398 e. The maximum atomic E-state index is 12.3. The highest BCUT2D eigenvalue weighted by Crippen LogP contribution is 2.27. The number of ether oxygens (including phenoxy) is 1. The van der Waals surface area contributed by atoms with Gasteiger partial charge in [-0.1, -0.05) is 18.2 Å². The molecule has 0 spiro atoms. The molecule has 0 saturated carbocycles. The maximum absolute atomic E-state index is 12.3. The van der Waals surface area contributed by atoms with E-state index in [2.05, 4.69) is 19.7 Å². The molecule has 0 aliphatic carbocycles. The standard InChI is InChI=1S/C18H21N7O3S/c19-15-4-2-1-3-12(15)5-6-29(26,27)24-8-14-7-13(9-28-14)25-11-23-16-17(20)21-10-22-18(16)25/h1-6,10-11,13-14,24H,7-9,19H2,(H2,20,21,22)/b6-5+/t13?,14-/m0/s1. The minimum absolute atomic E-state index is 0.0107. The van der Waals surface area contributed by atoms with E-state index in [1.807, 2.05) is 4.57 Å². The molecule has 11 heteroatoms. The summed E-state index contributed by atoms with van der Waals surface area (Å²) in [5, 5.41) is 1.11. The van der Waals surface area contributed by atoms with Gasteiger partial charge in [-0.05, 0) is 24.1 Å². The molecule has 4 rings (SSSR count). The Bertz CT molecular complexity index is 1160. The van der Waals surface area contributed by atoms with Crippen molar-refractivity contribution >= 4 is 38.8 Å². The summed E-state index contributed by atoms with van der Waals surface area (Å²) in [6.45, 7) is 0.593. The third-order valence-electron chi connectivity index (χ3n) is 4.77. The lowest BCUT2D eigenvalue weighted by molar-refractivity contribution is 0.110. The molecule has 10 nitrogen and oxygen atoms in total. The first-order valence-electron chi connectivity index (χ1n) is 9.00. The lowest BCUT2D eigenvalue weighted by Gasteiger charge is -2.11. The minimum Gasteiger partial charge on any atom is -0.398 e. The zero-order valence-electron chi connectivity index (χ0n) is 15.5. The number of hydrogen-bond acceptors (Lipinski definition) is 8. The van der Waals surface area contributed by atoms with Gasteiger partial charge in [-0.2, -0.15) is 0 Å². The van der Waals surface area contributed by atoms with Crippen molar-refractivity contribution in [3.63, 3.8) is 0 Å². The number of nitrogens with two attached hydrogens (primary N) is 2. The van der Waals surface area contributed by atoms with Gasteiger partial charge in [0.25, 0.3) is 0 Å². The Kier molecular flexibility index (Phi) is 5.18. The SMILES string of the molecule is Nc1ccccc1/C=C/S(=O)(=O)NC[C@@H]1CC(n2cnc3c(N)ncnc32)CO1. The van der Waals surface area contributed by atoms with E-state index in [9.17, 15) is 8.42 Å². The molecule has 29 heavy (non-hydrogen) atoms. The third-order valence-corrected chi connectivity index (χ3v) is 5.84. The number of anilines is 2. The molecular formula is C18H21N7O3S. The average Bonchev–Trinajstić information content (AvgIpc) is 3.33. The number of fused-ring (bicyclic) bond motifs is 1. The molecule has 5 N–H and O–H groups in total. The van der Waals surface area contributed by atoms with Crippen molar-refractivity contribution in [1.82, 2.24) is 24.2 Å². The molecular weight excluding hydrogens is 394 g/mol. The molecule has 3 heterocycles. The second-order valence-electron chi connectivity index (χ2n) is 6.75. The number of nitrogen functional groups attached to an aromatic ring is 2. The van der Waals surface area contributed by atoms with E-state index in [1.54, 1.807) is 30.6 Å². The van der Waals surface area contributed by atoms with Gasteiger partial charge in [-0.25, -0.2) is 28.1 Å². The van der Waals surface area contributed by atoms with E-state index in [0.29, 0.717) is 41.3 Å². The van der Waals surface area contributed by atoms with Crippen LogP contribution in [0.25, 0.3) is 17.2 Å². The monoisotopic (exact) mass is 415 g/mol. The fourth-order valence-corrected chi connectivity index (χ4v) is 4.08. The molecule has 0 radical (unpaired) electrons. The van der Waals surface area contributed by atoms with Crippen LogP contribution in [0.2, 0.25) is 0 Å². The van der Waals surface area contributed by atoms with Crippen LogP contribution in [-0.2, 0) is 14.8 Å². The van der Waals surface area contributed by atoms with Crippen molar-refractivity contribution in [3.8, 4) is 0 Å². The van der Waals surface area contributed by atoms with Gasteiger partial charge >= 0.3 is 0 Å². The number of rotatable bonds is 6. The number of sulfonamides is 1. The predicted octanol–water partition coefficient (Wildman–Crippen LogP) is 0.911. The van der Waals surface area contributed by atoms with Crippen molar-refractivity contribution in [3.05, 3.63) is 47.9 Å². The summed E-state index contributed by atoms with van der Waals surface area (Å²) in [6.07, 6.45) is 4.87. The van der Waals surface area contributed by atoms with Gasteiger partial charge in [0.1, 0.15) is 11.8 Å². The normalized spacial score (nSPS) is 20.0. The van der Waals surface area contributed by atoms with Crippen LogP contribution in [0.15, 0.2) is 42.3 Å². The Morgan fingerprint density at radius 3 is 2.90 bits per heavy atom. The lowest BCUT2D eigenvalue weighted by Crippen LogP contribution is -2.30. The molecule has 2 atom stereocenters. The van der Waals surface area contributed by atoms with Crippen LogP contribution in [0, 0.1) is 0 Å². The molecule has 1 aliphatic heterocycles. The van der Waals surface area contributed by atoms with Gasteiger partial charge in [0.2, 0.25) is 10.0 Å². The van der Waals surface area contributed by atoms with Crippen LogP contribution >= 0.6 is 0 Å². The van der Waals surface area contributed by atoms with E-state index in [1.165, 1.54) is 12.4 Å². The highest BCUT2D eigenvalue weighted by atomic mass is 32.2. The van der Waals surface area contributed by atoms with Crippen molar-refractivity contribution in [2.24, 2.45) is 0 Å². The first-order chi connectivity index (χ1) is 13.9. The van der Waals surface area contributed by atoms with E-state index >= 15 is 0 Å². The topological polar surface area (TPSA) is 151 Å². The van der Waals surface area contributed by atoms with Gasteiger partial charge in [0.15, 0.2) is 11.5 Å². The summed E-state index contributed by atoms with van der Waals surface area (Å²) in [7, 11) is -3.62. The van der Waals surface area contributed by atoms with Crippen LogP contribution in [0.1, 0.15) is 18.0 Å². The van der Waals surface area contributed by atoms with Crippen molar-refractivity contribution < 1.29 is 13.2 Å². The predicted molar refractivity (Wildman–Crippen MR) is 110 cm³/mol. The molecule has 2 aromatic heterocycles. The zero-order valence-corrected chi connectivity index (χ0v) is 16.3. The Balaban J connectivity index is 1.37. The number of imidazole rings is 1. The maximum Gasteiger partial charge on any atom is 0.233 e. The lowest BCUT2D eigenvalue weighted by atomic mass is 10.2. The van der Waals surface area contributed by atoms with Gasteiger partial charge < -0.3 is 20.8 Å². The van der Waals surface area contributed by atoms with Crippen molar-refractivity contribution in [2.45, 2.75) is 18.6 Å². The average molecular weight is 415 g/mol. The fourth-order valence-electron chi connectivity index (χ4n) is 3.24. The van der Waals surface area contributed by atoms with Gasteiger partial charge in [-0.3, -0.25) is 0 Å². The summed E-state index contributed by atoms with van der Waals surface area (Å²) >= 11 is 0. The summed E-state index contributed by atoms with van der Waals surface area (Å²) < 4.78 is 34.7. The molecule has 1 unspecified atom stereocenters. The number of nitrogens with zero attached hydrogens (tertiary/aromatic N) is 4. The molecule has 1 fully saturated rings. The van der Waals surface area contributed by atoms with Crippen molar-refractivity contribution in [2.75, 3.05) is 24.6 Å². The summed E-state index contributed by atoms with van der Waals surface area (Å²) in [5.74, 6) is 0.322. The number of aromatic nitrogens is 4. The molecule has 152 valence electrons. The van der Waals surface area contributed by atoms with Crippen LogP contribution in [-0.4, -0.2) is 47.2 Å². The molecule has 1 saturated heterocycles. The molecule has 1 aliphatic rings. The Morgan fingerprint density at radius 2 is 2.07 bits per heavy atom. The zero-order chi connectivity index (χ0) is 20.4. The van der Waals surface area contributed by atoms with E-state index < -0.39 is 10.0 Å². The number of hydrogen-bond donors (Lipinski definition) is 3. The van der Waals surface area contributed by atoms with Crippen LogP contribution in [0.3, 0.4) is 0 Å². The number of para-hydroxylation sites is 1. The summed E-state index contributed by atoms with van der Waals surface area (Å²) in [4.78, 5) is 12.4. The molecule has 3 aromatic rings. The van der Waals surface area contributed by atoms with Gasteiger partial charge in [0.05, 0.1) is 25.1 Å². The van der Waals surface area contributed by atoms with E-state index in [4.69, 9.17) is 16.2 Å². The number of nitrogens with one attached hydrogen (secondary N) is 1. The van der Waals surface area contributed by atoms with Gasteiger partial charge in [0, 0.05) is 17.6 Å². The quantitative estimate of drug-likeness (QED) is 0.503. The van der Waals surface area contributed by atoms with E-state index in [0.717, 1.165) is 5.41 Å². The highest BCUT2D eigenvalue weighted by Gasteiger charge is 2.29. The fraction of sp³-hybridized carbons (Fsp3) is 0.278. The first-order valence-corrected chi connectivity index (χ1v) is 10.5. The number of benzene rings is 1. The molecule has 0 amide bonds. The molecule has 1 aromatic carbocycles. The van der Waals surface area contributed by atoms with Crippen molar-refractivity contribution in [1.29, 1.82) is 0 Å². The second-order valence-corrected chi connectivity index (χ2v) is 8.40. The van der Waals surface area contributed by atoms with Crippen LogP contribution < -0.4 is 16.2 Å². The summed E-state index contributed by atoms with van der Waals surface area (Å²) in [5.41, 5.74) is 14.0. The Labute approximate surface area is 167 Å². The Morgan fingerprint density at radius 1 is 1.24 bits per heavy atom. The minimum atomic E-state index is -3.62. The summed E-state index contributed by atoms with van der Waals surface area (Å²) in [6, 6.07) is 7.03. The Hall–Kier alpha value is -3.02. The highest BCUT2D eigenvalue weighted by molar-refractivity contribution is 7.92. The second kappa shape index (κ2) is 7.78. The van der Waals surface area contributed by atoms with Crippen LogP contribution in [0.5, 0.6) is 0 Å². The third kappa shape index (κ3) is 4.21. The smallest absolute Gasteiger partial charge is 0.233 e. The first kappa shape index (κ1) is 19.3. The van der Waals surface area contributed by atoms with Gasteiger partial charge in [-0.15, -0.1) is 0 Å². The van der Waals surface area contributed by atoms with Crippen LogP contribution in [0.4, 0.5) is 11.5 Å². The molecule has 0 bridgehead atoms.